The average Bonchev–Trinajstić information content (AvgIpc) is 2.71. The van der Waals surface area contributed by atoms with E-state index in [2.05, 4.69) is 17.3 Å². The van der Waals surface area contributed by atoms with Crippen molar-refractivity contribution in [2.24, 2.45) is 29.6 Å². The van der Waals surface area contributed by atoms with Gasteiger partial charge >= 0.3 is 0 Å². The third kappa shape index (κ3) is 1.52. The molecule has 0 aromatic carbocycles. The molecule has 3 fully saturated rings. The second-order valence-corrected chi connectivity index (χ2v) is 6.46. The molecule has 1 unspecified atom stereocenters. The lowest BCUT2D eigenvalue weighted by Gasteiger charge is -2.09. The van der Waals surface area contributed by atoms with Crippen molar-refractivity contribution in [2.45, 2.75) is 39.7 Å². The first-order chi connectivity index (χ1) is 9.20. The molecular weight excluding hydrogens is 238 g/mol. The Balaban J connectivity index is 1.47. The zero-order valence-electron chi connectivity index (χ0n) is 11.6. The molecule has 0 radical (unpaired) electrons. The van der Waals surface area contributed by atoms with Crippen molar-refractivity contribution in [3.05, 3.63) is 11.9 Å². The van der Waals surface area contributed by atoms with Gasteiger partial charge in [-0.15, -0.1) is 0 Å². The number of aromatic nitrogens is 2. The normalized spacial score (nSPS) is 38.3. The first-order valence-corrected chi connectivity index (χ1v) is 7.54. The fourth-order valence-electron chi connectivity index (χ4n) is 4.78. The highest BCUT2D eigenvalue weighted by Gasteiger charge is 2.67. The van der Waals surface area contributed by atoms with Gasteiger partial charge in [0.05, 0.1) is 17.6 Å². The van der Waals surface area contributed by atoms with Crippen molar-refractivity contribution in [2.75, 3.05) is 5.32 Å². The number of carbonyl (C=O) groups is 1. The Morgan fingerprint density at radius 1 is 1.42 bits per heavy atom. The quantitative estimate of drug-likeness (QED) is 0.906. The number of aryl methyl sites for hydroxylation is 1. The van der Waals surface area contributed by atoms with E-state index >= 15 is 0 Å². The molecule has 3 aliphatic carbocycles. The topological polar surface area (TPSA) is 46.9 Å². The van der Waals surface area contributed by atoms with E-state index < -0.39 is 0 Å². The molecule has 102 valence electrons. The fourth-order valence-corrected chi connectivity index (χ4v) is 4.78. The number of fused-ring (bicyclic) bond motifs is 5. The van der Waals surface area contributed by atoms with Crippen molar-refractivity contribution >= 4 is 11.6 Å². The maximum absolute atomic E-state index is 12.4. The molecule has 1 aromatic rings. The first-order valence-electron chi connectivity index (χ1n) is 7.54. The third-order valence-electron chi connectivity index (χ3n) is 5.70. The van der Waals surface area contributed by atoms with Gasteiger partial charge in [0.25, 0.3) is 0 Å². The Hall–Kier alpha value is -1.32. The van der Waals surface area contributed by atoms with Gasteiger partial charge < -0.3 is 5.32 Å². The van der Waals surface area contributed by atoms with Crippen LogP contribution in [0.15, 0.2) is 6.20 Å². The number of carbonyl (C=O) groups excluding carboxylic acids is 1. The summed E-state index contributed by atoms with van der Waals surface area (Å²) in [5, 5.41) is 7.39. The van der Waals surface area contributed by atoms with Gasteiger partial charge in [-0.2, -0.15) is 5.10 Å². The van der Waals surface area contributed by atoms with E-state index in [1.807, 2.05) is 11.6 Å². The molecular formula is C15H21N3O. The summed E-state index contributed by atoms with van der Waals surface area (Å²) in [5.74, 6) is 3.66. The molecule has 0 spiro atoms. The second kappa shape index (κ2) is 3.84. The molecule has 5 atom stereocenters. The van der Waals surface area contributed by atoms with Crippen LogP contribution in [0.3, 0.4) is 0 Å². The Labute approximate surface area is 113 Å². The van der Waals surface area contributed by atoms with Crippen LogP contribution in [-0.2, 0) is 11.3 Å². The van der Waals surface area contributed by atoms with Crippen LogP contribution in [0.5, 0.6) is 0 Å². The molecule has 4 nitrogen and oxygen atoms in total. The van der Waals surface area contributed by atoms with Crippen LogP contribution in [-0.4, -0.2) is 15.7 Å². The van der Waals surface area contributed by atoms with Gasteiger partial charge in [0.15, 0.2) is 0 Å². The van der Waals surface area contributed by atoms with E-state index in [1.54, 1.807) is 6.20 Å². The van der Waals surface area contributed by atoms with Crippen LogP contribution in [0.2, 0.25) is 0 Å². The molecule has 1 amide bonds. The highest BCUT2D eigenvalue weighted by molar-refractivity contribution is 5.95. The lowest BCUT2D eigenvalue weighted by Crippen LogP contribution is -2.19. The predicted octanol–water partition coefficient (Wildman–Crippen LogP) is 2.44. The van der Waals surface area contributed by atoms with Gasteiger partial charge in [-0.05, 0) is 56.8 Å². The highest BCUT2D eigenvalue weighted by Crippen LogP contribution is 2.69. The minimum atomic E-state index is 0.241. The monoisotopic (exact) mass is 259 g/mol. The predicted molar refractivity (Wildman–Crippen MR) is 72.6 cm³/mol. The van der Waals surface area contributed by atoms with E-state index in [0.717, 1.165) is 29.8 Å². The molecule has 2 bridgehead atoms. The third-order valence-corrected chi connectivity index (χ3v) is 5.70. The zero-order chi connectivity index (χ0) is 13.1. The van der Waals surface area contributed by atoms with Crippen molar-refractivity contribution in [1.82, 2.24) is 9.78 Å². The maximum atomic E-state index is 12.4. The average molecular weight is 259 g/mol. The number of hydrogen-bond acceptors (Lipinski definition) is 2. The van der Waals surface area contributed by atoms with Gasteiger partial charge in [-0.25, -0.2) is 0 Å². The Morgan fingerprint density at radius 2 is 2.11 bits per heavy atom. The molecule has 3 saturated carbocycles. The smallest absolute Gasteiger partial charge is 0.228 e. The number of anilines is 1. The van der Waals surface area contributed by atoms with Crippen LogP contribution in [0, 0.1) is 36.5 Å². The lowest BCUT2D eigenvalue weighted by atomic mass is 10.0. The molecule has 0 aliphatic heterocycles. The van der Waals surface area contributed by atoms with E-state index in [1.165, 1.54) is 19.3 Å². The van der Waals surface area contributed by atoms with Gasteiger partial charge in [0.2, 0.25) is 5.91 Å². The fraction of sp³-hybridized carbons (Fsp3) is 0.733. The summed E-state index contributed by atoms with van der Waals surface area (Å²) in [6.07, 6.45) is 5.90. The molecule has 4 rings (SSSR count). The number of hydrogen-bond donors (Lipinski definition) is 1. The van der Waals surface area contributed by atoms with E-state index in [9.17, 15) is 4.79 Å². The van der Waals surface area contributed by atoms with Crippen molar-refractivity contribution in [3.63, 3.8) is 0 Å². The number of amides is 1. The van der Waals surface area contributed by atoms with Crippen LogP contribution >= 0.6 is 0 Å². The molecule has 1 N–H and O–H groups in total. The van der Waals surface area contributed by atoms with E-state index in [-0.39, 0.29) is 5.91 Å². The summed E-state index contributed by atoms with van der Waals surface area (Å²) in [6, 6.07) is 0. The van der Waals surface area contributed by atoms with E-state index in [4.69, 9.17) is 0 Å². The zero-order valence-corrected chi connectivity index (χ0v) is 11.6. The summed E-state index contributed by atoms with van der Waals surface area (Å²) in [5.41, 5.74) is 1.95. The SMILES string of the molecule is CCn1ncc(NC(=O)C2[C@@H]3[C@H]4CC[C@H](C4)[C@H]23)c1C. The van der Waals surface area contributed by atoms with Crippen molar-refractivity contribution in [1.29, 1.82) is 0 Å². The van der Waals surface area contributed by atoms with Gasteiger partial charge in [0.1, 0.15) is 0 Å². The minimum Gasteiger partial charge on any atom is -0.323 e. The standard InChI is InChI=1S/C15H21N3O/c1-3-18-8(2)11(7-16-18)17-15(19)14-12-9-4-5-10(6-9)13(12)14/h7,9-10,12-14H,3-6H2,1-2H3,(H,17,19)/t9-,10+,12+,13-,14?. The molecule has 4 heteroatoms. The van der Waals surface area contributed by atoms with Crippen molar-refractivity contribution < 1.29 is 4.79 Å². The highest BCUT2D eigenvalue weighted by atomic mass is 16.2. The number of nitrogens with zero attached hydrogens (tertiary/aromatic N) is 2. The van der Waals surface area contributed by atoms with Crippen LogP contribution in [0.4, 0.5) is 5.69 Å². The maximum Gasteiger partial charge on any atom is 0.228 e. The summed E-state index contributed by atoms with van der Waals surface area (Å²) < 4.78 is 1.92. The summed E-state index contributed by atoms with van der Waals surface area (Å²) in [4.78, 5) is 12.4. The van der Waals surface area contributed by atoms with Crippen LogP contribution < -0.4 is 5.32 Å². The summed E-state index contributed by atoms with van der Waals surface area (Å²) in [7, 11) is 0. The van der Waals surface area contributed by atoms with Gasteiger partial charge in [0, 0.05) is 12.5 Å². The Morgan fingerprint density at radius 3 is 2.68 bits per heavy atom. The summed E-state index contributed by atoms with van der Waals surface area (Å²) >= 11 is 0. The first kappa shape index (κ1) is 11.5. The number of nitrogens with one attached hydrogen (secondary N) is 1. The second-order valence-electron chi connectivity index (χ2n) is 6.46. The largest absolute Gasteiger partial charge is 0.323 e. The van der Waals surface area contributed by atoms with Crippen LogP contribution in [0.1, 0.15) is 31.9 Å². The molecule has 19 heavy (non-hydrogen) atoms. The Bertz CT molecular complexity index is 519. The van der Waals surface area contributed by atoms with E-state index in [0.29, 0.717) is 17.8 Å². The molecule has 3 aliphatic rings. The van der Waals surface area contributed by atoms with Gasteiger partial charge in [-0.3, -0.25) is 9.48 Å². The molecule has 1 aromatic heterocycles. The lowest BCUT2D eigenvalue weighted by molar-refractivity contribution is -0.118. The van der Waals surface area contributed by atoms with Crippen LogP contribution in [0.25, 0.3) is 0 Å². The number of rotatable bonds is 3. The molecule has 0 saturated heterocycles. The van der Waals surface area contributed by atoms with Gasteiger partial charge in [-0.1, -0.05) is 0 Å². The Kier molecular flexibility index (Phi) is 2.32. The minimum absolute atomic E-state index is 0.241. The van der Waals surface area contributed by atoms with Crippen molar-refractivity contribution in [3.8, 4) is 0 Å². The molecule has 1 heterocycles. The summed E-state index contributed by atoms with van der Waals surface area (Å²) in [6.45, 7) is 4.93.